The summed E-state index contributed by atoms with van der Waals surface area (Å²) in [4.78, 5) is 28.8. The van der Waals surface area contributed by atoms with Crippen LogP contribution in [0.3, 0.4) is 0 Å². The molecular formula is C26H35N3O3. The molecule has 1 aromatic heterocycles. The molecule has 4 aliphatic rings. The third-order valence-electron chi connectivity index (χ3n) is 10.1. The summed E-state index contributed by atoms with van der Waals surface area (Å²) in [5, 5.41) is 14.8. The standard InChI is InChI=1S/C26H35N3O3/c1-23-11-5-19-24(2)9-4-10-25(3,22(31)32)18(24)6-12-26(19,16-23)15-20(23)28-29-21(30)17-7-13-27-14-8-17/h7-8,13-14,18-19H,4-6,9-12,15-16H2,1-3H3,(H,29,30)(H,31,32)/b28-20+/t18-,19-,23-,24+,25+,26-/m0/s1. The molecule has 5 rings (SSSR count). The number of hydrogen-bond acceptors (Lipinski definition) is 4. The Balaban J connectivity index is 1.42. The van der Waals surface area contributed by atoms with E-state index in [1.807, 2.05) is 6.92 Å². The van der Waals surface area contributed by atoms with Crippen molar-refractivity contribution in [2.75, 3.05) is 0 Å². The summed E-state index contributed by atoms with van der Waals surface area (Å²) in [6.07, 6.45) is 12.5. The van der Waals surface area contributed by atoms with E-state index in [9.17, 15) is 14.7 Å². The average Bonchev–Trinajstić information content (AvgIpc) is 2.96. The van der Waals surface area contributed by atoms with Gasteiger partial charge in [0.15, 0.2) is 0 Å². The number of rotatable bonds is 3. The van der Waals surface area contributed by atoms with Gasteiger partial charge in [0.2, 0.25) is 0 Å². The number of fused-ring (bicyclic) bond motifs is 3. The molecule has 4 aliphatic carbocycles. The second-order valence-corrected chi connectivity index (χ2v) is 11.8. The Morgan fingerprint density at radius 1 is 1.06 bits per heavy atom. The smallest absolute Gasteiger partial charge is 0.309 e. The second-order valence-electron chi connectivity index (χ2n) is 11.8. The maximum absolute atomic E-state index is 12.6. The van der Waals surface area contributed by atoms with Crippen molar-refractivity contribution in [1.29, 1.82) is 0 Å². The maximum Gasteiger partial charge on any atom is 0.309 e. The van der Waals surface area contributed by atoms with Gasteiger partial charge in [0.05, 0.1) is 5.41 Å². The molecule has 1 spiro atoms. The Bertz CT molecular complexity index is 978. The molecule has 0 radical (unpaired) electrons. The van der Waals surface area contributed by atoms with E-state index in [4.69, 9.17) is 0 Å². The normalized spacial score (nSPS) is 43.9. The van der Waals surface area contributed by atoms with Crippen molar-refractivity contribution in [3.63, 3.8) is 0 Å². The summed E-state index contributed by atoms with van der Waals surface area (Å²) in [5.41, 5.74) is 4.17. The first-order valence-electron chi connectivity index (χ1n) is 12.1. The topological polar surface area (TPSA) is 91.6 Å². The molecule has 6 heteroatoms. The summed E-state index contributed by atoms with van der Waals surface area (Å²) in [6.45, 7) is 6.71. The number of hydrogen-bond donors (Lipinski definition) is 2. The number of carboxylic acids is 1. The second kappa shape index (κ2) is 7.13. The van der Waals surface area contributed by atoms with E-state index in [1.165, 1.54) is 0 Å². The van der Waals surface area contributed by atoms with Crippen LogP contribution in [-0.4, -0.2) is 27.7 Å². The number of amides is 1. The van der Waals surface area contributed by atoms with E-state index in [1.54, 1.807) is 24.5 Å². The fraction of sp³-hybridized carbons (Fsp3) is 0.692. The van der Waals surface area contributed by atoms with Gasteiger partial charge in [-0.15, -0.1) is 0 Å². The minimum Gasteiger partial charge on any atom is -0.481 e. The summed E-state index contributed by atoms with van der Waals surface area (Å²) in [5.74, 6) is -0.0327. The largest absolute Gasteiger partial charge is 0.481 e. The number of carboxylic acid groups (broad SMARTS) is 1. The quantitative estimate of drug-likeness (QED) is 0.647. The van der Waals surface area contributed by atoms with Gasteiger partial charge in [-0.1, -0.05) is 20.3 Å². The summed E-state index contributed by atoms with van der Waals surface area (Å²) >= 11 is 0. The SMILES string of the molecule is C[C@@]12CC[C@@H]3[C@@](CC[C@H]4[C@@]3(C)CCC[C@@]4(C)C(=O)O)(C/C1=N\NC(=O)c1ccncc1)C2. The molecule has 32 heavy (non-hydrogen) atoms. The Labute approximate surface area is 190 Å². The summed E-state index contributed by atoms with van der Waals surface area (Å²) in [6, 6.07) is 3.40. The van der Waals surface area contributed by atoms with E-state index < -0.39 is 11.4 Å². The minimum absolute atomic E-state index is 0.0238. The molecule has 0 unspecified atom stereocenters. The predicted octanol–water partition coefficient (Wildman–Crippen LogP) is 5.06. The van der Waals surface area contributed by atoms with Crippen LogP contribution in [0.5, 0.6) is 0 Å². The lowest BCUT2D eigenvalue weighted by Gasteiger charge is -2.63. The van der Waals surface area contributed by atoms with Gasteiger partial charge in [-0.2, -0.15) is 5.10 Å². The number of nitrogens with one attached hydrogen (secondary N) is 1. The molecule has 6 atom stereocenters. The lowest BCUT2D eigenvalue weighted by Crippen LogP contribution is -2.58. The lowest BCUT2D eigenvalue weighted by atomic mass is 9.40. The molecule has 1 aromatic rings. The number of hydrazone groups is 1. The van der Waals surface area contributed by atoms with Crippen molar-refractivity contribution in [3.05, 3.63) is 30.1 Å². The number of pyridine rings is 1. The van der Waals surface area contributed by atoms with Gasteiger partial charge in [-0.05, 0) is 93.1 Å². The van der Waals surface area contributed by atoms with Crippen LogP contribution in [0, 0.1) is 33.5 Å². The molecule has 6 nitrogen and oxygen atoms in total. The van der Waals surface area contributed by atoms with E-state index >= 15 is 0 Å². The fourth-order valence-corrected chi connectivity index (χ4v) is 8.64. The van der Waals surface area contributed by atoms with Crippen molar-refractivity contribution in [1.82, 2.24) is 10.4 Å². The van der Waals surface area contributed by atoms with E-state index in [-0.39, 0.29) is 28.1 Å². The highest BCUT2D eigenvalue weighted by Gasteiger charge is 2.67. The van der Waals surface area contributed by atoms with Gasteiger partial charge in [-0.3, -0.25) is 14.6 Å². The van der Waals surface area contributed by atoms with Crippen LogP contribution in [-0.2, 0) is 4.79 Å². The Kier molecular flexibility index (Phi) is 4.81. The van der Waals surface area contributed by atoms with Gasteiger partial charge in [-0.25, -0.2) is 5.43 Å². The van der Waals surface area contributed by atoms with E-state index in [0.717, 1.165) is 63.5 Å². The number of carbonyl (C=O) groups excluding carboxylic acids is 1. The average molecular weight is 438 g/mol. The maximum atomic E-state index is 12.6. The fourth-order valence-electron chi connectivity index (χ4n) is 8.64. The van der Waals surface area contributed by atoms with Crippen molar-refractivity contribution in [2.45, 2.75) is 78.6 Å². The zero-order valence-corrected chi connectivity index (χ0v) is 19.5. The van der Waals surface area contributed by atoms with Crippen molar-refractivity contribution in [2.24, 2.45) is 38.6 Å². The highest BCUT2D eigenvalue weighted by molar-refractivity contribution is 5.97. The van der Waals surface area contributed by atoms with Crippen molar-refractivity contribution in [3.8, 4) is 0 Å². The molecule has 4 fully saturated rings. The molecule has 0 saturated heterocycles. The van der Waals surface area contributed by atoms with Gasteiger partial charge in [0, 0.05) is 29.1 Å². The van der Waals surface area contributed by atoms with Crippen molar-refractivity contribution < 1.29 is 14.7 Å². The van der Waals surface area contributed by atoms with Gasteiger partial charge in [0.25, 0.3) is 5.91 Å². The zero-order chi connectivity index (χ0) is 22.8. The third kappa shape index (κ3) is 2.97. The Hall–Kier alpha value is -2.24. The van der Waals surface area contributed by atoms with Crippen LogP contribution in [0.1, 0.15) is 88.9 Å². The molecule has 172 valence electrons. The van der Waals surface area contributed by atoms with Crippen molar-refractivity contribution >= 4 is 17.6 Å². The van der Waals surface area contributed by atoms with Gasteiger partial charge >= 0.3 is 5.97 Å². The molecule has 0 aliphatic heterocycles. The number of aromatic nitrogens is 1. The Morgan fingerprint density at radius 3 is 2.50 bits per heavy atom. The molecular weight excluding hydrogens is 402 g/mol. The van der Waals surface area contributed by atoms with E-state index in [0.29, 0.717) is 11.5 Å². The molecule has 4 saturated carbocycles. The monoisotopic (exact) mass is 437 g/mol. The number of nitrogens with zero attached hydrogens (tertiary/aromatic N) is 2. The summed E-state index contributed by atoms with van der Waals surface area (Å²) < 4.78 is 0. The molecule has 0 aromatic carbocycles. The third-order valence-corrected chi connectivity index (χ3v) is 10.1. The summed E-state index contributed by atoms with van der Waals surface area (Å²) in [7, 11) is 0. The van der Waals surface area contributed by atoms with Crippen LogP contribution in [0.4, 0.5) is 0 Å². The first-order chi connectivity index (χ1) is 15.1. The molecule has 1 amide bonds. The number of aliphatic carboxylic acids is 1. The predicted molar refractivity (Wildman–Crippen MR) is 122 cm³/mol. The van der Waals surface area contributed by atoms with Crippen LogP contribution in [0.25, 0.3) is 0 Å². The first-order valence-corrected chi connectivity index (χ1v) is 12.1. The van der Waals surface area contributed by atoms with Gasteiger partial charge in [0.1, 0.15) is 0 Å². The zero-order valence-electron chi connectivity index (χ0n) is 19.5. The Morgan fingerprint density at radius 2 is 1.78 bits per heavy atom. The molecule has 2 bridgehead atoms. The molecule has 2 N–H and O–H groups in total. The highest BCUT2D eigenvalue weighted by atomic mass is 16.4. The van der Waals surface area contributed by atoms with Crippen LogP contribution in [0.15, 0.2) is 29.6 Å². The van der Waals surface area contributed by atoms with Crippen LogP contribution < -0.4 is 5.43 Å². The van der Waals surface area contributed by atoms with Crippen LogP contribution >= 0.6 is 0 Å². The minimum atomic E-state index is -0.613. The lowest BCUT2D eigenvalue weighted by molar-refractivity contribution is -0.182. The van der Waals surface area contributed by atoms with Gasteiger partial charge < -0.3 is 5.11 Å². The molecule has 1 heterocycles. The first kappa shape index (κ1) is 21.6. The number of carbonyl (C=O) groups is 2. The van der Waals surface area contributed by atoms with E-state index in [2.05, 4.69) is 29.4 Å². The van der Waals surface area contributed by atoms with Crippen LogP contribution in [0.2, 0.25) is 0 Å². The highest BCUT2D eigenvalue weighted by Crippen LogP contribution is 2.73.